The zero-order valence-electron chi connectivity index (χ0n) is 20.1. The number of aliphatic hydroxyl groups excluding tert-OH is 1. The van der Waals surface area contributed by atoms with Crippen LogP contribution >= 0.6 is 19.3 Å². The van der Waals surface area contributed by atoms with E-state index in [1.54, 1.807) is 42.1 Å². The van der Waals surface area contributed by atoms with Gasteiger partial charge >= 0.3 is 13.4 Å². The van der Waals surface area contributed by atoms with Crippen LogP contribution in [0.2, 0.25) is 5.02 Å². The molecule has 4 aromatic rings. The van der Waals surface area contributed by atoms with Gasteiger partial charge < -0.3 is 25.2 Å². The minimum atomic E-state index is -4.19. The van der Waals surface area contributed by atoms with Crippen LogP contribution in [0.4, 0.5) is 5.95 Å². The molecular weight excluding hydrogens is 541 g/mol. The van der Waals surface area contributed by atoms with Crippen LogP contribution in [-0.4, -0.2) is 59.3 Å². The van der Waals surface area contributed by atoms with Crippen molar-refractivity contribution in [3.63, 3.8) is 0 Å². The summed E-state index contributed by atoms with van der Waals surface area (Å²) in [6, 6.07) is 6.88. The van der Waals surface area contributed by atoms with E-state index in [-0.39, 0.29) is 36.9 Å². The van der Waals surface area contributed by atoms with Gasteiger partial charge in [-0.05, 0) is 24.3 Å². The van der Waals surface area contributed by atoms with Crippen molar-refractivity contribution < 1.29 is 33.1 Å². The number of rotatable bonds is 9. The molecule has 5 N–H and O–H groups in total. The maximum absolute atomic E-state index is 12.8. The van der Waals surface area contributed by atoms with Gasteiger partial charge in [0, 0.05) is 23.3 Å². The standard InChI is InChI=1S/C22H25ClN7O7P/c1-13-16(10-36-38(33,34)29-7-6-25-11-29)37-21(18(13)31)30-12-28(17-19(30)26-22(24)27-20(17)32)8-9-35-15-4-2-14(23)3-5-15/h2-7,11-13,16,18,21,31H,8-10H2,1H3,(H3-,24,26,27,32,33,34)/p+1/t13-,16-,18-,21-/m1/s1. The number of nitrogens with zero attached hydrogens (tertiary/aromatic N) is 5. The number of aromatic amines is 1. The predicted octanol–water partition coefficient (Wildman–Crippen LogP) is 1.08. The van der Waals surface area contributed by atoms with Crippen LogP contribution in [0.5, 0.6) is 5.75 Å². The lowest BCUT2D eigenvalue weighted by molar-refractivity contribution is -0.746. The molecule has 0 radical (unpaired) electrons. The smallest absolute Gasteiger partial charge is 0.437 e. The first-order valence-corrected chi connectivity index (χ1v) is 13.5. The van der Waals surface area contributed by atoms with Crippen LogP contribution in [0.3, 0.4) is 0 Å². The monoisotopic (exact) mass is 566 g/mol. The number of ether oxygens (including phenoxy) is 2. The highest BCUT2D eigenvalue weighted by Gasteiger charge is 2.46. The number of aromatic nitrogens is 6. The van der Waals surface area contributed by atoms with Crippen molar-refractivity contribution in [3.05, 3.63) is 64.7 Å². The summed E-state index contributed by atoms with van der Waals surface area (Å²) in [6.45, 7) is 1.94. The molecule has 1 unspecified atom stereocenters. The van der Waals surface area contributed by atoms with Gasteiger partial charge in [0.2, 0.25) is 11.7 Å². The number of nitrogens with one attached hydrogen (secondary N) is 1. The van der Waals surface area contributed by atoms with Crippen molar-refractivity contribution >= 4 is 36.5 Å². The molecule has 4 heterocycles. The molecular formula is C22H26ClN7O7P+. The quantitative estimate of drug-likeness (QED) is 0.169. The van der Waals surface area contributed by atoms with Gasteiger partial charge in [0.05, 0.1) is 12.7 Å². The van der Waals surface area contributed by atoms with Gasteiger partial charge in [0.1, 0.15) is 31.3 Å². The van der Waals surface area contributed by atoms with Gasteiger partial charge in [0.15, 0.2) is 6.33 Å². The fourth-order valence-corrected chi connectivity index (χ4v) is 5.26. The Morgan fingerprint density at radius 3 is 2.82 bits per heavy atom. The molecule has 16 heteroatoms. The number of imidazole rings is 2. The molecule has 1 fully saturated rings. The second kappa shape index (κ2) is 10.5. The summed E-state index contributed by atoms with van der Waals surface area (Å²) in [6.07, 6.45) is 2.67. The number of nitrogen functional groups attached to an aromatic ring is 1. The summed E-state index contributed by atoms with van der Waals surface area (Å²) < 4.78 is 33.7. The minimum Gasteiger partial charge on any atom is -0.490 e. The Morgan fingerprint density at radius 2 is 2.11 bits per heavy atom. The van der Waals surface area contributed by atoms with Gasteiger partial charge in [-0.3, -0.25) is 18.9 Å². The van der Waals surface area contributed by atoms with Gasteiger partial charge in [-0.2, -0.15) is 0 Å². The topological polar surface area (TPSA) is 184 Å². The van der Waals surface area contributed by atoms with E-state index in [0.717, 1.165) is 4.34 Å². The third kappa shape index (κ3) is 5.19. The Bertz CT molecular complexity index is 1530. The number of hydrogen-bond acceptors (Lipinski definition) is 9. The molecule has 1 saturated heterocycles. The molecule has 1 aromatic carbocycles. The van der Waals surface area contributed by atoms with E-state index in [1.807, 2.05) is 0 Å². The summed E-state index contributed by atoms with van der Waals surface area (Å²) in [5, 5.41) is 11.6. The molecule has 1 aliphatic heterocycles. The first-order valence-electron chi connectivity index (χ1n) is 11.6. The van der Waals surface area contributed by atoms with Crippen molar-refractivity contribution in [2.75, 3.05) is 18.9 Å². The largest absolute Gasteiger partial charge is 0.490 e. The zero-order chi connectivity index (χ0) is 27.0. The van der Waals surface area contributed by atoms with Gasteiger partial charge in [-0.1, -0.05) is 23.5 Å². The summed E-state index contributed by atoms with van der Waals surface area (Å²) in [5.41, 5.74) is 5.74. The van der Waals surface area contributed by atoms with Gasteiger partial charge in [-0.15, -0.1) is 0 Å². The maximum atomic E-state index is 12.8. The summed E-state index contributed by atoms with van der Waals surface area (Å²) in [7, 11) is -4.19. The molecule has 38 heavy (non-hydrogen) atoms. The van der Waals surface area contributed by atoms with E-state index < -0.39 is 37.7 Å². The van der Waals surface area contributed by atoms with Crippen molar-refractivity contribution in [1.29, 1.82) is 0 Å². The van der Waals surface area contributed by atoms with Crippen LogP contribution in [0, 0.1) is 5.92 Å². The first-order chi connectivity index (χ1) is 18.1. The van der Waals surface area contributed by atoms with Gasteiger partial charge in [0.25, 0.3) is 11.5 Å². The number of hydrogen-bond donors (Lipinski definition) is 4. The molecule has 3 aromatic heterocycles. The van der Waals surface area contributed by atoms with E-state index in [2.05, 4.69) is 15.0 Å². The van der Waals surface area contributed by atoms with Crippen molar-refractivity contribution in [3.8, 4) is 5.75 Å². The van der Waals surface area contributed by atoms with Crippen LogP contribution in [0.15, 0.2) is 54.1 Å². The van der Waals surface area contributed by atoms with E-state index in [0.29, 0.717) is 10.8 Å². The molecule has 0 saturated carbocycles. The van der Waals surface area contributed by atoms with Crippen molar-refractivity contribution in [2.24, 2.45) is 5.92 Å². The number of halogens is 1. The van der Waals surface area contributed by atoms with E-state index >= 15 is 0 Å². The third-order valence-corrected chi connectivity index (χ3v) is 7.86. The van der Waals surface area contributed by atoms with E-state index in [1.165, 1.54) is 23.3 Å². The molecule has 0 aliphatic carbocycles. The normalized spacial score (nSPS) is 23.1. The highest BCUT2D eigenvalue weighted by molar-refractivity contribution is 7.51. The highest BCUT2D eigenvalue weighted by Crippen LogP contribution is 2.44. The number of fused-ring (bicyclic) bond motifs is 1. The Hall–Kier alpha value is -3.26. The van der Waals surface area contributed by atoms with E-state index in [4.69, 9.17) is 31.3 Å². The van der Waals surface area contributed by atoms with Crippen molar-refractivity contribution in [2.45, 2.75) is 31.9 Å². The average molecular weight is 567 g/mol. The molecule has 0 spiro atoms. The number of benzene rings is 1. The Morgan fingerprint density at radius 1 is 1.34 bits per heavy atom. The number of anilines is 1. The number of nitrogens with two attached hydrogens (primary N) is 1. The molecule has 0 amide bonds. The van der Waals surface area contributed by atoms with Crippen molar-refractivity contribution in [1.82, 2.24) is 23.9 Å². The molecule has 5 rings (SSSR count). The second-order valence-corrected chi connectivity index (χ2v) is 10.9. The second-order valence-electron chi connectivity index (χ2n) is 8.79. The Labute approximate surface area is 220 Å². The first kappa shape index (κ1) is 26.4. The Kier molecular flexibility index (Phi) is 7.27. The predicted molar refractivity (Wildman–Crippen MR) is 134 cm³/mol. The van der Waals surface area contributed by atoms with Gasteiger partial charge in [-0.25, -0.2) is 18.5 Å². The summed E-state index contributed by atoms with van der Waals surface area (Å²) in [4.78, 5) is 33.5. The van der Waals surface area contributed by atoms with Crippen LogP contribution in [-0.2, 0) is 20.4 Å². The third-order valence-electron chi connectivity index (χ3n) is 6.30. The maximum Gasteiger partial charge on any atom is 0.437 e. The molecule has 14 nitrogen and oxygen atoms in total. The lowest BCUT2D eigenvalue weighted by Crippen LogP contribution is -2.45. The average Bonchev–Trinajstić information content (AvgIpc) is 3.60. The molecule has 1 aliphatic rings. The molecule has 0 bridgehead atoms. The Balaban J connectivity index is 1.37. The van der Waals surface area contributed by atoms with Crippen LogP contribution < -0.4 is 20.6 Å². The zero-order valence-corrected chi connectivity index (χ0v) is 21.8. The molecule has 202 valence electrons. The lowest BCUT2D eigenvalue weighted by atomic mass is 10.0. The molecule has 5 atom stereocenters. The summed E-state index contributed by atoms with van der Waals surface area (Å²) in [5.74, 6) is 0.0211. The highest BCUT2D eigenvalue weighted by atomic mass is 35.5. The fraction of sp³-hybridized carbons (Fsp3) is 0.364. The minimum absolute atomic E-state index is 0.103. The fourth-order valence-electron chi connectivity index (χ4n) is 4.25. The number of aliphatic hydroxyl groups is 1. The lowest BCUT2D eigenvalue weighted by Gasteiger charge is -2.18. The van der Waals surface area contributed by atoms with Crippen LogP contribution in [0.1, 0.15) is 13.2 Å². The van der Waals surface area contributed by atoms with Crippen LogP contribution in [0.25, 0.3) is 11.2 Å². The summed E-state index contributed by atoms with van der Waals surface area (Å²) >= 11 is 5.91. The number of H-pyrrole nitrogens is 1. The SMILES string of the molecule is C[C@H]1[C@@H](O)[C@H]([n+]2cn(CCOc3ccc(Cl)cc3)c3c(=O)[nH]c(N)nc32)O[C@@H]1COP(=O)(O)n1ccnc1. The van der Waals surface area contributed by atoms with E-state index in [9.17, 15) is 19.4 Å².